The van der Waals surface area contributed by atoms with E-state index >= 15 is 0 Å². The van der Waals surface area contributed by atoms with E-state index in [9.17, 15) is 9.90 Å². The van der Waals surface area contributed by atoms with E-state index in [1.54, 1.807) is 6.92 Å². The number of phenols is 1. The Morgan fingerprint density at radius 2 is 1.96 bits per heavy atom. The summed E-state index contributed by atoms with van der Waals surface area (Å²) in [5, 5.41) is 13.9. The maximum atomic E-state index is 11.8. The summed E-state index contributed by atoms with van der Waals surface area (Å²) in [4.78, 5) is 13.7. The van der Waals surface area contributed by atoms with Gasteiger partial charge in [0, 0.05) is 30.7 Å². The van der Waals surface area contributed by atoms with Crippen molar-refractivity contribution in [2.75, 3.05) is 18.8 Å². The average molecular weight is 509 g/mol. The zero-order valence-electron chi connectivity index (χ0n) is 15.7. The van der Waals surface area contributed by atoms with Crippen molar-refractivity contribution >= 4 is 49.0 Å². The maximum Gasteiger partial charge on any atom is 0.219 e. The van der Waals surface area contributed by atoms with Crippen LogP contribution in [0.25, 0.3) is 5.57 Å². The molecule has 1 amide bonds. The van der Waals surface area contributed by atoms with Crippen molar-refractivity contribution in [3.8, 4) is 5.75 Å². The van der Waals surface area contributed by atoms with E-state index in [2.05, 4.69) is 43.3 Å². The van der Waals surface area contributed by atoms with Crippen LogP contribution in [0.3, 0.4) is 0 Å². The lowest BCUT2D eigenvalue weighted by molar-refractivity contribution is -0.129. The minimum atomic E-state index is 0.0808. The lowest BCUT2D eigenvalue weighted by atomic mass is 9.84. The van der Waals surface area contributed by atoms with Gasteiger partial charge in [0.1, 0.15) is 0 Å². The van der Waals surface area contributed by atoms with Gasteiger partial charge in [0.05, 0.1) is 16.2 Å². The quantitative estimate of drug-likeness (QED) is 0.362. The maximum absolute atomic E-state index is 11.8. The van der Waals surface area contributed by atoms with Crippen molar-refractivity contribution in [2.45, 2.75) is 38.6 Å². The van der Waals surface area contributed by atoms with Crippen LogP contribution in [0.4, 0.5) is 5.69 Å². The molecule has 4 N–H and O–H groups in total. The lowest BCUT2D eigenvalue weighted by Crippen LogP contribution is -2.36. The van der Waals surface area contributed by atoms with E-state index in [1.807, 2.05) is 17.2 Å². The highest BCUT2D eigenvalue weighted by atomic mass is 79.9. The predicted octanol–water partition coefficient (Wildman–Crippen LogP) is 4.21. The Morgan fingerprint density at radius 3 is 2.64 bits per heavy atom. The zero-order valence-corrected chi connectivity index (χ0v) is 18.9. The monoisotopic (exact) mass is 507 g/mol. The molecule has 148 valence electrons. The molecule has 1 aromatic carbocycles. The lowest BCUT2D eigenvalue weighted by Gasteiger charge is -2.33. The molecule has 7 heteroatoms. The molecule has 1 saturated heterocycles. The van der Waals surface area contributed by atoms with Crippen molar-refractivity contribution in [1.29, 1.82) is 0 Å². The number of piperidine rings is 1. The van der Waals surface area contributed by atoms with Crippen LogP contribution in [0.15, 0.2) is 38.4 Å². The van der Waals surface area contributed by atoms with Crippen molar-refractivity contribution in [2.24, 2.45) is 0 Å². The first-order valence-corrected chi connectivity index (χ1v) is 11.0. The highest BCUT2D eigenvalue weighted by Gasteiger charge is 2.32. The summed E-state index contributed by atoms with van der Waals surface area (Å²) in [5.41, 5.74) is 12.6. The summed E-state index contributed by atoms with van der Waals surface area (Å²) in [6.45, 7) is 3.11. The number of carbonyl (C=O) groups is 1. The van der Waals surface area contributed by atoms with Gasteiger partial charge in [0.2, 0.25) is 5.91 Å². The molecule has 1 unspecified atom stereocenters. The fourth-order valence-electron chi connectivity index (χ4n) is 4.42. The molecule has 1 atom stereocenters. The van der Waals surface area contributed by atoms with Crippen LogP contribution in [-0.4, -0.2) is 35.0 Å². The average Bonchev–Trinajstić information content (AvgIpc) is 2.83. The number of carbonyl (C=O) groups excluding carboxylic acids is 1. The molecule has 0 spiro atoms. The number of phenolic OH excluding ortho intramolecular Hbond substituents is 1. The smallest absolute Gasteiger partial charge is 0.219 e. The summed E-state index contributed by atoms with van der Waals surface area (Å²) in [6.07, 6.45) is 7.60. The molecule has 1 aliphatic carbocycles. The molecule has 1 fully saturated rings. The van der Waals surface area contributed by atoms with E-state index in [0.717, 1.165) is 54.4 Å². The number of allylic oxidation sites excluding steroid dienone is 2. The topological polar surface area (TPSA) is 78.6 Å². The number of benzene rings is 1. The van der Waals surface area contributed by atoms with Gasteiger partial charge in [-0.05, 0) is 92.0 Å². The van der Waals surface area contributed by atoms with Gasteiger partial charge in [-0.2, -0.15) is 0 Å². The molecule has 0 radical (unpaired) electrons. The van der Waals surface area contributed by atoms with E-state index in [0.29, 0.717) is 10.2 Å². The summed E-state index contributed by atoms with van der Waals surface area (Å²) in [7, 11) is 0. The Labute approximate surface area is 181 Å². The number of nitrogen functional groups attached to an aromatic ring is 1. The van der Waals surface area contributed by atoms with Crippen LogP contribution in [-0.2, 0) is 11.2 Å². The van der Waals surface area contributed by atoms with Crippen molar-refractivity contribution in [3.05, 3.63) is 49.6 Å². The zero-order chi connectivity index (χ0) is 20.0. The van der Waals surface area contributed by atoms with E-state index < -0.39 is 0 Å². The molecule has 2 heterocycles. The van der Waals surface area contributed by atoms with Crippen LogP contribution < -0.4 is 11.1 Å². The van der Waals surface area contributed by atoms with Crippen LogP contribution in [0, 0.1) is 0 Å². The van der Waals surface area contributed by atoms with Gasteiger partial charge in [0.15, 0.2) is 5.75 Å². The van der Waals surface area contributed by atoms with Gasteiger partial charge in [0.25, 0.3) is 0 Å². The van der Waals surface area contributed by atoms with Crippen LogP contribution in [0.5, 0.6) is 5.75 Å². The SMILES string of the molecule is CC(=O)N1CCC(=C2c3cc(N)c(O)c(Br)c3CCC3=CC(Br)=CNC32)CC1. The molecule has 1 aromatic rings. The molecule has 28 heavy (non-hydrogen) atoms. The summed E-state index contributed by atoms with van der Waals surface area (Å²) < 4.78 is 1.72. The van der Waals surface area contributed by atoms with Gasteiger partial charge in [-0.1, -0.05) is 5.57 Å². The molecule has 2 aliphatic heterocycles. The van der Waals surface area contributed by atoms with E-state index in [4.69, 9.17) is 5.73 Å². The first-order chi connectivity index (χ1) is 13.4. The number of nitrogens with one attached hydrogen (secondary N) is 1. The van der Waals surface area contributed by atoms with Gasteiger partial charge >= 0.3 is 0 Å². The number of amides is 1. The van der Waals surface area contributed by atoms with Crippen molar-refractivity contribution < 1.29 is 9.90 Å². The fraction of sp³-hybridized carbons (Fsp3) is 0.381. The Kier molecular flexibility index (Phi) is 5.31. The number of nitrogens with zero attached hydrogens (tertiary/aromatic N) is 1. The van der Waals surface area contributed by atoms with Crippen molar-refractivity contribution in [3.63, 3.8) is 0 Å². The highest BCUT2D eigenvalue weighted by molar-refractivity contribution is 9.12. The standard InChI is InChI=1S/C21H23Br2N3O2/c1-11(27)26-6-4-12(5-7-26)18-16-9-17(24)21(28)19(23)15(16)3-2-13-8-14(22)10-25-20(13)18/h8-10,20,25,28H,2-7,24H2,1H3. The molecule has 4 rings (SSSR count). The third-order valence-electron chi connectivity index (χ3n) is 5.89. The number of halogens is 2. The van der Waals surface area contributed by atoms with Gasteiger partial charge in [-0.3, -0.25) is 4.79 Å². The minimum absolute atomic E-state index is 0.0808. The molecule has 0 aromatic heterocycles. The van der Waals surface area contributed by atoms with Gasteiger partial charge in [-0.25, -0.2) is 0 Å². The van der Waals surface area contributed by atoms with Crippen LogP contribution >= 0.6 is 31.9 Å². The summed E-state index contributed by atoms with van der Waals surface area (Å²) >= 11 is 7.16. The molecule has 0 saturated carbocycles. The normalized spacial score (nSPS) is 21.8. The van der Waals surface area contributed by atoms with Gasteiger partial charge in [-0.15, -0.1) is 0 Å². The summed E-state index contributed by atoms with van der Waals surface area (Å²) in [5.74, 6) is 0.242. The Morgan fingerprint density at radius 1 is 1.25 bits per heavy atom. The number of nitrogens with two attached hydrogens (primary N) is 1. The van der Waals surface area contributed by atoms with Gasteiger partial charge < -0.3 is 21.1 Å². The largest absolute Gasteiger partial charge is 0.505 e. The third kappa shape index (κ3) is 3.39. The number of hydrogen-bond donors (Lipinski definition) is 3. The first-order valence-electron chi connectivity index (χ1n) is 9.46. The third-order valence-corrected chi connectivity index (χ3v) is 7.20. The first kappa shape index (κ1) is 19.6. The van der Waals surface area contributed by atoms with E-state index in [1.165, 1.54) is 16.7 Å². The van der Waals surface area contributed by atoms with Crippen LogP contribution in [0.2, 0.25) is 0 Å². The van der Waals surface area contributed by atoms with Crippen LogP contribution in [0.1, 0.15) is 37.3 Å². The molecule has 5 nitrogen and oxygen atoms in total. The number of fused-ring (bicyclic) bond motifs is 2. The Bertz CT molecular complexity index is 939. The van der Waals surface area contributed by atoms with E-state index in [-0.39, 0.29) is 17.7 Å². The molecule has 3 aliphatic rings. The molecular formula is C21H23Br2N3O2. The number of hydrogen-bond acceptors (Lipinski definition) is 4. The number of rotatable bonds is 0. The number of aromatic hydroxyl groups is 1. The number of anilines is 1. The fourth-order valence-corrected chi connectivity index (χ4v) is 5.49. The Balaban J connectivity index is 1.87. The second-order valence-corrected chi connectivity index (χ2v) is 9.23. The second-order valence-electron chi connectivity index (χ2n) is 7.53. The number of likely N-dealkylation sites (tertiary alicyclic amines) is 1. The predicted molar refractivity (Wildman–Crippen MR) is 119 cm³/mol. The van der Waals surface area contributed by atoms with Crippen molar-refractivity contribution in [1.82, 2.24) is 10.2 Å². The second kappa shape index (κ2) is 7.59. The summed E-state index contributed by atoms with van der Waals surface area (Å²) in [6, 6.07) is 1.99. The highest BCUT2D eigenvalue weighted by Crippen LogP contribution is 2.46. The number of dihydropyridines is 1. The minimum Gasteiger partial charge on any atom is -0.505 e. The molecular weight excluding hydrogens is 486 g/mol. The Hall–Kier alpha value is -1.73. The molecule has 0 bridgehead atoms.